The summed E-state index contributed by atoms with van der Waals surface area (Å²) in [5.41, 5.74) is -0.645. The number of ether oxygens (including phenoxy) is 1. The molecule has 0 bridgehead atoms. The molecule has 1 fully saturated rings. The molecule has 0 aromatic heterocycles. The molecule has 1 atom stereocenters. The van der Waals surface area contributed by atoms with Gasteiger partial charge in [-0.1, -0.05) is 13.2 Å². The molecular formula is C19H34N4O2S. The summed E-state index contributed by atoms with van der Waals surface area (Å²) in [6, 6.07) is 0. The van der Waals surface area contributed by atoms with Gasteiger partial charge in [-0.15, -0.1) is 0 Å². The number of amides is 1. The van der Waals surface area contributed by atoms with Crippen molar-refractivity contribution in [2.24, 2.45) is 16.0 Å². The highest BCUT2D eigenvalue weighted by Crippen LogP contribution is 2.35. The molecular weight excluding hydrogens is 348 g/mol. The van der Waals surface area contributed by atoms with Crippen LogP contribution in [0.25, 0.3) is 0 Å². The number of aliphatic imine (C=N–C) groups is 1. The third-order valence-corrected chi connectivity index (χ3v) is 4.73. The van der Waals surface area contributed by atoms with Crippen molar-refractivity contribution in [3.05, 3.63) is 25.1 Å². The van der Waals surface area contributed by atoms with Gasteiger partial charge in [0.2, 0.25) is 0 Å². The number of rotatable bonds is 7. The summed E-state index contributed by atoms with van der Waals surface area (Å²) in [5.74, 6) is 1.06. The average Bonchev–Trinajstić information content (AvgIpc) is 2.82. The summed E-state index contributed by atoms with van der Waals surface area (Å²) in [4.78, 5) is 18.6. The Morgan fingerprint density at radius 3 is 2.69 bits per heavy atom. The molecule has 0 saturated carbocycles. The largest absolute Gasteiger partial charge is 0.444 e. The van der Waals surface area contributed by atoms with E-state index >= 15 is 0 Å². The Hall–Kier alpha value is -1.47. The van der Waals surface area contributed by atoms with E-state index in [0.29, 0.717) is 16.8 Å². The van der Waals surface area contributed by atoms with Gasteiger partial charge in [-0.25, -0.2) is 9.79 Å². The summed E-state index contributed by atoms with van der Waals surface area (Å²) >= 11 is 1.05. The van der Waals surface area contributed by atoms with Crippen LogP contribution in [0.3, 0.4) is 0 Å². The molecule has 0 radical (unpaired) electrons. The predicted octanol–water partition coefficient (Wildman–Crippen LogP) is 4.05. The zero-order chi connectivity index (χ0) is 20.0. The van der Waals surface area contributed by atoms with Crippen molar-refractivity contribution < 1.29 is 9.53 Å². The second-order valence-electron chi connectivity index (χ2n) is 8.26. The van der Waals surface area contributed by atoms with Crippen LogP contribution in [0.15, 0.2) is 30.0 Å². The van der Waals surface area contributed by atoms with Crippen molar-refractivity contribution in [2.45, 2.75) is 65.0 Å². The van der Waals surface area contributed by atoms with Gasteiger partial charge in [-0.05, 0) is 77.8 Å². The van der Waals surface area contributed by atoms with Gasteiger partial charge in [-0.3, -0.25) is 5.14 Å². The van der Waals surface area contributed by atoms with E-state index in [-0.39, 0.29) is 11.6 Å². The molecule has 0 aliphatic carbocycles. The van der Waals surface area contributed by atoms with Gasteiger partial charge >= 0.3 is 6.09 Å². The maximum Gasteiger partial charge on any atom is 0.410 e. The van der Waals surface area contributed by atoms with Crippen LogP contribution in [0.2, 0.25) is 0 Å². The summed E-state index contributed by atoms with van der Waals surface area (Å²) in [6.45, 7) is 18.9. The van der Waals surface area contributed by atoms with E-state index in [9.17, 15) is 4.79 Å². The molecule has 1 heterocycles. The van der Waals surface area contributed by atoms with E-state index in [1.54, 1.807) is 6.08 Å². The van der Waals surface area contributed by atoms with Crippen molar-refractivity contribution in [1.29, 1.82) is 0 Å². The normalized spacial score (nSPS) is 20.0. The summed E-state index contributed by atoms with van der Waals surface area (Å²) in [5, 5.41) is 9.29. The molecule has 6 nitrogen and oxygen atoms in total. The fourth-order valence-electron chi connectivity index (χ4n) is 3.13. The predicted molar refractivity (Wildman–Crippen MR) is 111 cm³/mol. The van der Waals surface area contributed by atoms with E-state index in [4.69, 9.17) is 9.88 Å². The zero-order valence-electron chi connectivity index (χ0n) is 16.8. The lowest BCUT2D eigenvalue weighted by atomic mass is 9.93. The van der Waals surface area contributed by atoms with Gasteiger partial charge < -0.3 is 15.0 Å². The quantitative estimate of drug-likeness (QED) is 0.300. The van der Waals surface area contributed by atoms with Crippen LogP contribution in [-0.4, -0.2) is 40.3 Å². The summed E-state index contributed by atoms with van der Waals surface area (Å²) < 4.78 is 5.55. The number of likely N-dealkylation sites (tertiary alicyclic amines) is 1. The molecule has 0 aromatic rings. The standard InChI is InChI=1S/C19H34N4O2S/c1-8-16(26-20)22-14(2)21-11-9-10-15-12-19(6,7)23(13-15)17(24)25-18(3,4)5/h8,15,21H,1-2,9-13,20H2,3-7H3/b22-16+. The summed E-state index contributed by atoms with van der Waals surface area (Å²) in [7, 11) is 0. The molecule has 1 rings (SSSR count). The minimum absolute atomic E-state index is 0.175. The van der Waals surface area contributed by atoms with Gasteiger partial charge in [-0.2, -0.15) is 0 Å². The topological polar surface area (TPSA) is 80.0 Å². The Labute approximate surface area is 162 Å². The molecule has 7 heteroatoms. The van der Waals surface area contributed by atoms with E-state index in [1.807, 2.05) is 25.7 Å². The monoisotopic (exact) mass is 382 g/mol. The molecule has 0 aromatic carbocycles. The lowest BCUT2D eigenvalue weighted by Gasteiger charge is -2.33. The van der Waals surface area contributed by atoms with Crippen molar-refractivity contribution in [2.75, 3.05) is 13.1 Å². The van der Waals surface area contributed by atoms with Crippen LogP contribution in [-0.2, 0) is 4.74 Å². The number of carbonyl (C=O) groups is 1. The maximum atomic E-state index is 12.4. The lowest BCUT2D eigenvalue weighted by molar-refractivity contribution is 0.0131. The SMILES string of the molecule is C=C/C(=N\C(=C)NCCCC1CN(C(=O)OC(C)(C)C)C(C)(C)C1)SN. The van der Waals surface area contributed by atoms with Gasteiger partial charge in [0.15, 0.2) is 0 Å². The number of carbonyl (C=O) groups excluding carboxylic acids is 1. The molecule has 1 aliphatic rings. The number of hydrogen-bond donors (Lipinski definition) is 2. The van der Waals surface area contributed by atoms with Crippen molar-refractivity contribution in [3.63, 3.8) is 0 Å². The number of nitrogens with one attached hydrogen (secondary N) is 1. The number of hydrogen-bond acceptors (Lipinski definition) is 6. The molecule has 1 aliphatic heterocycles. The summed E-state index contributed by atoms with van der Waals surface area (Å²) in [6.07, 6.45) is 4.38. The second-order valence-corrected chi connectivity index (χ2v) is 8.92. The fraction of sp³-hybridized carbons (Fsp3) is 0.684. The van der Waals surface area contributed by atoms with Gasteiger partial charge in [0, 0.05) is 18.6 Å². The molecule has 1 saturated heterocycles. The van der Waals surface area contributed by atoms with E-state index < -0.39 is 5.60 Å². The molecule has 1 unspecified atom stereocenters. The number of nitrogens with zero attached hydrogens (tertiary/aromatic N) is 2. The average molecular weight is 383 g/mol. The van der Waals surface area contributed by atoms with Crippen LogP contribution in [0.4, 0.5) is 4.79 Å². The third kappa shape index (κ3) is 7.41. The Bertz CT molecular complexity index is 552. The van der Waals surface area contributed by atoms with E-state index in [2.05, 4.69) is 37.3 Å². The van der Waals surface area contributed by atoms with Crippen LogP contribution >= 0.6 is 11.9 Å². The van der Waals surface area contributed by atoms with E-state index in [0.717, 1.165) is 44.3 Å². The van der Waals surface area contributed by atoms with Crippen molar-refractivity contribution in [3.8, 4) is 0 Å². The minimum atomic E-state index is -0.470. The first kappa shape index (κ1) is 22.6. The van der Waals surface area contributed by atoms with Gasteiger partial charge in [0.25, 0.3) is 0 Å². The van der Waals surface area contributed by atoms with E-state index in [1.165, 1.54) is 0 Å². The van der Waals surface area contributed by atoms with Crippen LogP contribution in [0, 0.1) is 5.92 Å². The van der Waals surface area contributed by atoms with Crippen LogP contribution < -0.4 is 10.5 Å². The smallest absolute Gasteiger partial charge is 0.410 e. The molecule has 1 amide bonds. The third-order valence-electron chi connectivity index (χ3n) is 4.23. The highest BCUT2D eigenvalue weighted by Gasteiger charge is 2.42. The first-order valence-electron chi connectivity index (χ1n) is 9.00. The minimum Gasteiger partial charge on any atom is -0.444 e. The lowest BCUT2D eigenvalue weighted by Crippen LogP contribution is -2.45. The first-order valence-corrected chi connectivity index (χ1v) is 9.87. The number of nitrogens with two attached hydrogens (primary N) is 1. The first-order chi connectivity index (χ1) is 12.0. The molecule has 26 heavy (non-hydrogen) atoms. The Morgan fingerprint density at radius 2 is 2.15 bits per heavy atom. The van der Waals surface area contributed by atoms with Gasteiger partial charge in [0.1, 0.15) is 16.5 Å². The highest BCUT2D eigenvalue weighted by molar-refractivity contribution is 8.12. The molecule has 0 spiro atoms. The Kier molecular flexibility index (Phi) is 8.21. The van der Waals surface area contributed by atoms with Crippen molar-refractivity contribution in [1.82, 2.24) is 10.2 Å². The molecule has 3 N–H and O–H groups in total. The maximum absolute atomic E-state index is 12.4. The van der Waals surface area contributed by atoms with Crippen LogP contribution in [0.1, 0.15) is 53.9 Å². The Morgan fingerprint density at radius 1 is 1.50 bits per heavy atom. The van der Waals surface area contributed by atoms with Gasteiger partial charge in [0.05, 0.1) is 0 Å². The second kappa shape index (κ2) is 9.46. The van der Waals surface area contributed by atoms with Crippen LogP contribution in [0.5, 0.6) is 0 Å². The zero-order valence-corrected chi connectivity index (χ0v) is 17.6. The molecule has 148 valence electrons. The Balaban J connectivity index is 2.44. The van der Waals surface area contributed by atoms with Crippen molar-refractivity contribution >= 4 is 23.1 Å². The fourth-order valence-corrected chi connectivity index (χ4v) is 3.39. The highest BCUT2D eigenvalue weighted by atomic mass is 32.2.